The van der Waals surface area contributed by atoms with Crippen molar-refractivity contribution in [2.75, 3.05) is 18.9 Å². The average molecular weight is 373 g/mol. The fourth-order valence-electron chi connectivity index (χ4n) is 2.96. The van der Waals surface area contributed by atoms with E-state index in [1.54, 1.807) is 0 Å². The highest BCUT2D eigenvalue weighted by Crippen LogP contribution is 2.25. The summed E-state index contributed by atoms with van der Waals surface area (Å²) in [6, 6.07) is 19.7. The summed E-state index contributed by atoms with van der Waals surface area (Å²) in [6.45, 7) is 3.24. The lowest BCUT2D eigenvalue weighted by Gasteiger charge is -2.09. The molecule has 0 saturated carbocycles. The van der Waals surface area contributed by atoms with Gasteiger partial charge in [-0.25, -0.2) is 4.98 Å². The summed E-state index contributed by atoms with van der Waals surface area (Å²) in [6.07, 6.45) is 4.76. The van der Waals surface area contributed by atoms with Crippen molar-refractivity contribution in [1.82, 2.24) is 9.38 Å². The van der Waals surface area contributed by atoms with E-state index >= 15 is 0 Å². The lowest BCUT2D eigenvalue weighted by molar-refractivity contribution is 0.248. The number of nitrogens with zero attached hydrogens (tertiary/aromatic N) is 2. The van der Waals surface area contributed by atoms with Gasteiger partial charge in [0.05, 0.1) is 18.9 Å². The second-order valence-corrected chi connectivity index (χ2v) is 6.71. The number of imidazole rings is 1. The van der Waals surface area contributed by atoms with Crippen LogP contribution < -0.4 is 15.2 Å². The number of hydrogen-bond donors (Lipinski definition) is 1. The standard InChI is InChI=1S/C23H23N3O2/c1-17-5-11-20(12-6-17)27-14-3-15-28-22-4-2-13-26-16-21(25-23(22)26)18-7-9-19(24)10-8-18/h2,4-13,16H,3,14-15,24H2,1H3. The van der Waals surface area contributed by atoms with Gasteiger partial charge < -0.3 is 19.6 Å². The number of ether oxygens (including phenoxy) is 2. The molecule has 0 unspecified atom stereocenters. The molecule has 0 aliphatic carbocycles. The van der Waals surface area contributed by atoms with Gasteiger partial charge in [0.2, 0.25) is 0 Å². The SMILES string of the molecule is Cc1ccc(OCCCOc2cccn3cc(-c4ccc(N)cc4)nc23)cc1. The number of hydrogen-bond acceptors (Lipinski definition) is 4. The maximum absolute atomic E-state index is 5.96. The van der Waals surface area contributed by atoms with E-state index in [1.165, 1.54) is 5.56 Å². The summed E-state index contributed by atoms with van der Waals surface area (Å²) in [5, 5.41) is 0. The zero-order valence-corrected chi connectivity index (χ0v) is 15.8. The fourth-order valence-corrected chi connectivity index (χ4v) is 2.96. The van der Waals surface area contributed by atoms with E-state index < -0.39 is 0 Å². The van der Waals surface area contributed by atoms with Gasteiger partial charge in [0, 0.05) is 30.1 Å². The summed E-state index contributed by atoms with van der Waals surface area (Å²) < 4.78 is 13.7. The second-order valence-electron chi connectivity index (χ2n) is 6.71. The molecule has 0 aliphatic heterocycles. The average Bonchev–Trinajstić information content (AvgIpc) is 3.15. The lowest BCUT2D eigenvalue weighted by Crippen LogP contribution is -2.05. The summed E-state index contributed by atoms with van der Waals surface area (Å²) in [5.74, 6) is 1.65. The minimum absolute atomic E-state index is 0.565. The smallest absolute Gasteiger partial charge is 0.180 e. The van der Waals surface area contributed by atoms with Crippen LogP contribution in [0, 0.1) is 6.92 Å². The molecule has 5 heteroatoms. The molecule has 142 valence electrons. The number of nitrogens with two attached hydrogens (primary N) is 1. The molecule has 4 aromatic rings. The maximum atomic E-state index is 5.96. The van der Waals surface area contributed by atoms with E-state index in [0.717, 1.165) is 40.5 Å². The van der Waals surface area contributed by atoms with Crippen molar-refractivity contribution in [3.8, 4) is 22.8 Å². The molecule has 0 bridgehead atoms. The minimum Gasteiger partial charge on any atom is -0.493 e. The van der Waals surface area contributed by atoms with Crippen LogP contribution in [0.4, 0.5) is 5.69 Å². The number of anilines is 1. The molecule has 28 heavy (non-hydrogen) atoms. The summed E-state index contributed by atoms with van der Waals surface area (Å²) >= 11 is 0. The van der Waals surface area contributed by atoms with E-state index in [-0.39, 0.29) is 0 Å². The first-order valence-corrected chi connectivity index (χ1v) is 9.35. The van der Waals surface area contributed by atoms with Gasteiger partial charge in [-0.05, 0) is 43.3 Å². The number of pyridine rings is 1. The molecular formula is C23H23N3O2. The topological polar surface area (TPSA) is 61.8 Å². The largest absolute Gasteiger partial charge is 0.493 e. The van der Waals surface area contributed by atoms with Gasteiger partial charge in [0.15, 0.2) is 11.4 Å². The molecule has 0 aliphatic rings. The van der Waals surface area contributed by atoms with Gasteiger partial charge in [0.1, 0.15) is 5.75 Å². The van der Waals surface area contributed by atoms with Crippen LogP contribution in [-0.4, -0.2) is 22.6 Å². The predicted octanol–water partition coefficient (Wildman–Crippen LogP) is 4.74. The van der Waals surface area contributed by atoms with E-state index in [2.05, 4.69) is 6.92 Å². The Hall–Kier alpha value is -3.47. The molecule has 4 rings (SSSR count). The van der Waals surface area contributed by atoms with Crippen LogP contribution in [0.3, 0.4) is 0 Å². The molecule has 0 atom stereocenters. The van der Waals surface area contributed by atoms with Crippen LogP contribution in [0.1, 0.15) is 12.0 Å². The maximum Gasteiger partial charge on any atom is 0.180 e. The molecule has 2 aromatic heterocycles. The van der Waals surface area contributed by atoms with Gasteiger partial charge in [-0.1, -0.05) is 29.8 Å². The molecule has 2 N–H and O–H groups in total. The number of nitrogen functional groups attached to an aromatic ring is 1. The van der Waals surface area contributed by atoms with E-state index in [4.69, 9.17) is 20.2 Å². The Morgan fingerprint density at radius 3 is 2.46 bits per heavy atom. The Balaban J connectivity index is 1.38. The monoisotopic (exact) mass is 373 g/mol. The Morgan fingerprint density at radius 1 is 0.929 bits per heavy atom. The Bertz CT molecular complexity index is 1050. The number of aromatic nitrogens is 2. The van der Waals surface area contributed by atoms with E-state index in [0.29, 0.717) is 13.2 Å². The highest BCUT2D eigenvalue weighted by molar-refractivity contribution is 5.67. The molecule has 0 fully saturated rings. The fraction of sp³-hybridized carbons (Fsp3) is 0.174. The molecule has 5 nitrogen and oxygen atoms in total. The number of rotatable bonds is 7. The summed E-state index contributed by atoms with van der Waals surface area (Å²) in [7, 11) is 0. The van der Waals surface area contributed by atoms with E-state index in [1.807, 2.05) is 77.5 Å². The normalized spacial score (nSPS) is 10.9. The van der Waals surface area contributed by atoms with Crippen LogP contribution in [0.2, 0.25) is 0 Å². The van der Waals surface area contributed by atoms with Crippen LogP contribution in [0.15, 0.2) is 73.1 Å². The van der Waals surface area contributed by atoms with Crippen molar-refractivity contribution in [3.63, 3.8) is 0 Å². The zero-order valence-electron chi connectivity index (χ0n) is 15.8. The quantitative estimate of drug-likeness (QED) is 0.375. The van der Waals surface area contributed by atoms with Crippen molar-refractivity contribution in [2.45, 2.75) is 13.3 Å². The molecule has 0 radical (unpaired) electrons. The summed E-state index contributed by atoms with van der Waals surface area (Å²) in [4.78, 5) is 4.73. The molecule has 0 amide bonds. The van der Waals surface area contributed by atoms with Crippen molar-refractivity contribution < 1.29 is 9.47 Å². The van der Waals surface area contributed by atoms with Gasteiger partial charge in [0.25, 0.3) is 0 Å². The van der Waals surface area contributed by atoms with Gasteiger partial charge in [-0.3, -0.25) is 0 Å². The van der Waals surface area contributed by atoms with Crippen LogP contribution in [0.5, 0.6) is 11.5 Å². The first-order valence-electron chi connectivity index (χ1n) is 9.35. The number of benzene rings is 2. The first-order chi connectivity index (χ1) is 13.7. The third-order valence-electron chi connectivity index (χ3n) is 4.49. The van der Waals surface area contributed by atoms with Crippen LogP contribution in [0.25, 0.3) is 16.9 Å². The third-order valence-corrected chi connectivity index (χ3v) is 4.49. The predicted molar refractivity (Wildman–Crippen MR) is 112 cm³/mol. The van der Waals surface area contributed by atoms with Gasteiger partial charge >= 0.3 is 0 Å². The third kappa shape index (κ3) is 4.09. The molecular weight excluding hydrogens is 350 g/mol. The summed E-state index contributed by atoms with van der Waals surface area (Å²) in [5.41, 5.74) is 10.4. The minimum atomic E-state index is 0.565. The Labute approximate surface area is 164 Å². The molecule has 0 saturated heterocycles. The first kappa shape index (κ1) is 17.9. The second kappa shape index (κ2) is 8.05. The molecule has 2 heterocycles. The van der Waals surface area contributed by atoms with Crippen LogP contribution in [-0.2, 0) is 0 Å². The van der Waals surface area contributed by atoms with Crippen LogP contribution >= 0.6 is 0 Å². The van der Waals surface area contributed by atoms with Crippen molar-refractivity contribution in [3.05, 3.63) is 78.6 Å². The Kier molecular flexibility index (Phi) is 5.15. The van der Waals surface area contributed by atoms with Crippen molar-refractivity contribution in [1.29, 1.82) is 0 Å². The van der Waals surface area contributed by atoms with Crippen molar-refractivity contribution >= 4 is 11.3 Å². The Morgan fingerprint density at radius 2 is 1.68 bits per heavy atom. The molecule has 2 aromatic carbocycles. The van der Waals surface area contributed by atoms with Crippen molar-refractivity contribution in [2.24, 2.45) is 0 Å². The number of aryl methyl sites for hydroxylation is 1. The lowest BCUT2D eigenvalue weighted by atomic mass is 10.1. The number of fused-ring (bicyclic) bond motifs is 1. The van der Waals surface area contributed by atoms with E-state index in [9.17, 15) is 0 Å². The van der Waals surface area contributed by atoms with Gasteiger partial charge in [-0.2, -0.15) is 0 Å². The highest BCUT2D eigenvalue weighted by atomic mass is 16.5. The zero-order chi connectivity index (χ0) is 19.3. The highest BCUT2D eigenvalue weighted by Gasteiger charge is 2.09. The van der Waals surface area contributed by atoms with Gasteiger partial charge in [-0.15, -0.1) is 0 Å². The molecule has 0 spiro atoms.